The lowest BCUT2D eigenvalue weighted by Gasteiger charge is -2.45. The summed E-state index contributed by atoms with van der Waals surface area (Å²) in [5, 5.41) is 0. The summed E-state index contributed by atoms with van der Waals surface area (Å²) in [5.41, 5.74) is 2.91. The van der Waals surface area contributed by atoms with E-state index in [2.05, 4.69) is 43.1 Å². The highest BCUT2D eigenvalue weighted by atomic mass is 16.1. The van der Waals surface area contributed by atoms with Gasteiger partial charge in [0.1, 0.15) is 5.69 Å². The summed E-state index contributed by atoms with van der Waals surface area (Å²) in [6.45, 7) is 4.33. The molecule has 1 unspecified atom stereocenters. The Morgan fingerprint density at radius 1 is 1.14 bits per heavy atom. The number of aryl methyl sites for hydroxylation is 1. The van der Waals surface area contributed by atoms with Gasteiger partial charge in [0.2, 0.25) is 0 Å². The summed E-state index contributed by atoms with van der Waals surface area (Å²) >= 11 is 0. The third-order valence-electron chi connectivity index (χ3n) is 5.08. The molecule has 1 saturated carbocycles. The number of hydrogen-bond donors (Lipinski definition) is 0. The van der Waals surface area contributed by atoms with Crippen LogP contribution in [0.3, 0.4) is 0 Å². The molecule has 2 heteroatoms. The van der Waals surface area contributed by atoms with E-state index in [1.807, 2.05) is 18.2 Å². The van der Waals surface area contributed by atoms with Crippen LogP contribution in [0.15, 0.2) is 48.7 Å². The van der Waals surface area contributed by atoms with E-state index < -0.39 is 0 Å². The summed E-state index contributed by atoms with van der Waals surface area (Å²) in [7, 11) is 0. The number of pyridine rings is 1. The average molecular weight is 279 g/mol. The Hall–Kier alpha value is -1.96. The molecule has 2 aromatic rings. The molecule has 1 fully saturated rings. The van der Waals surface area contributed by atoms with Gasteiger partial charge >= 0.3 is 0 Å². The Labute approximate surface area is 126 Å². The second kappa shape index (κ2) is 5.44. The number of carbonyl (C=O) groups is 1. The second-order valence-corrected chi connectivity index (χ2v) is 6.13. The first-order valence-electron chi connectivity index (χ1n) is 7.66. The molecule has 1 heterocycles. The molecule has 2 nitrogen and oxygen atoms in total. The van der Waals surface area contributed by atoms with Crippen LogP contribution in [0.1, 0.15) is 53.7 Å². The van der Waals surface area contributed by atoms with Crippen molar-refractivity contribution >= 4 is 5.78 Å². The molecule has 1 aliphatic rings. The normalized spacial score (nSPS) is 17.8. The van der Waals surface area contributed by atoms with E-state index in [1.165, 1.54) is 11.1 Å². The lowest BCUT2D eigenvalue weighted by atomic mass is 9.56. The molecule has 0 N–H and O–H groups in total. The zero-order chi connectivity index (χ0) is 14.9. The Morgan fingerprint density at radius 2 is 1.86 bits per heavy atom. The van der Waals surface area contributed by atoms with Crippen molar-refractivity contribution in [3.63, 3.8) is 0 Å². The van der Waals surface area contributed by atoms with Gasteiger partial charge in [-0.2, -0.15) is 0 Å². The van der Waals surface area contributed by atoms with Crippen LogP contribution >= 0.6 is 0 Å². The first kappa shape index (κ1) is 14.0. The summed E-state index contributed by atoms with van der Waals surface area (Å²) in [6.07, 6.45) is 4.78. The molecule has 3 rings (SSSR count). The van der Waals surface area contributed by atoms with E-state index in [1.54, 1.807) is 6.20 Å². The van der Waals surface area contributed by atoms with Crippen LogP contribution in [-0.2, 0) is 0 Å². The van der Waals surface area contributed by atoms with Crippen molar-refractivity contribution < 1.29 is 4.79 Å². The van der Waals surface area contributed by atoms with Gasteiger partial charge in [0.25, 0.3) is 0 Å². The smallest absolute Gasteiger partial charge is 0.187 e. The molecule has 1 aromatic heterocycles. The number of aromatic nitrogens is 1. The molecular weight excluding hydrogens is 258 g/mol. The maximum Gasteiger partial charge on any atom is 0.187 e. The molecule has 0 aliphatic heterocycles. The number of carbonyl (C=O) groups excluding carboxylic acids is 1. The maximum absolute atomic E-state index is 13.0. The van der Waals surface area contributed by atoms with Crippen molar-refractivity contribution in [2.24, 2.45) is 5.41 Å². The van der Waals surface area contributed by atoms with E-state index in [9.17, 15) is 4.79 Å². The fraction of sp³-hybridized carbons (Fsp3) is 0.368. The first-order valence-corrected chi connectivity index (χ1v) is 7.66. The first-order chi connectivity index (χ1) is 10.1. The maximum atomic E-state index is 13.0. The van der Waals surface area contributed by atoms with Gasteiger partial charge < -0.3 is 0 Å². The van der Waals surface area contributed by atoms with Crippen LogP contribution in [0.25, 0.3) is 0 Å². The van der Waals surface area contributed by atoms with Crippen molar-refractivity contribution in [2.45, 2.75) is 39.0 Å². The zero-order valence-electron chi connectivity index (χ0n) is 12.7. The summed E-state index contributed by atoms with van der Waals surface area (Å²) in [4.78, 5) is 17.3. The molecule has 21 heavy (non-hydrogen) atoms. The van der Waals surface area contributed by atoms with Gasteiger partial charge in [-0.05, 0) is 48.9 Å². The van der Waals surface area contributed by atoms with E-state index >= 15 is 0 Å². The number of ketones is 1. The molecule has 1 atom stereocenters. The SMILES string of the molecule is Cc1ccccc1C(C)C1(C(=O)c2ccccn2)CCC1. The molecule has 0 radical (unpaired) electrons. The Bertz CT molecular complexity index is 644. The van der Waals surface area contributed by atoms with Gasteiger partial charge in [0, 0.05) is 11.6 Å². The molecule has 0 bridgehead atoms. The van der Waals surface area contributed by atoms with Gasteiger partial charge in [0.05, 0.1) is 0 Å². The van der Waals surface area contributed by atoms with Crippen LogP contribution in [0.5, 0.6) is 0 Å². The minimum Gasteiger partial charge on any atom is -0.292 e. The molecule has 1 aliphatic carbocycles. The van der Waals surface area contributed by atoms with Gasteiger partial charge in [-0.3, -0.25) is 9.78 Å². The Balaban J connectivity index is 1.97. The molecule has 1 aromatic carbocycles. The number of Topliss-reactive ketones (excluding diaryl/α,β-unsaturated/α-hetero) is 1. The fourth-order valence-corrected chi connectivity index (χ4v) is 3.54. The van der Waals surface area contributed by atoms with Gasteiger partial charge in [-0.1, -0.05) is 43.7 Å². The van der Waals surface area contributed by atoms with Crippen molar-refractivity contribution in [1.29, 1.82) is 0 Å². The van der Waals surface area contributed by atoms with Gasteiger partial charge in [-0.15, -0.1) is 0 Å². The predicted molar refractivity (Wildman–Crippen MR) is 84.4 cm³/mol. The average Bonchev–Trinajstić information content (AvgIpc) is 2.47. The number of benzene rings is 1. The topological polar surface area (TPSA) is 30.0 Å². The number of hydrogen-bond acceptors (Lipinski definition) is 2. The fourth-order valence-electron chi connectivity index (χ4n) is 3.54. The van der Waals surface area contributed by atoms with Crippen molar-refractivity contribution in [1.82, 2.24) is 4.98 Å². The Kier molecular flexibility index (Phi) is 3.62. The summed E-state index contributed by atoms with van der Waals surface area (Å²) in [6, 6.07) is 14.0. The van der Waals surface area contributed by atoms with E-state index in [4.69, 9.17) is 0 Å². The number of rotatable bonds is 4. The van der Waals surface area contributed by atoms with Crippen molar-refractivity contribution in [2.75, 3.05) is 0 Å². The second-order valence-electron chi connectivity index (χ2n) is 6.13. The molecule has 0 spiro atoms. The third kappa shape index (κ3) is 2.29. The zero-order valence-corrected chi connectivity index (χ0v) is 12.7. The standard InChI is InChI=1S/C19H21NO/c1-14-8-3-4-9-16(14)15(2)19(11-7-12-19)18(21)17-10-5-6-13-20-17/h3-6,8-10,13,15H,7,11-12H2,1-2H3. The van der Waals surface area contributed by atoms with Crippen LogP contribution in [0, 0.1) is 12.3 Å². The van der Waals surface area contributed by atoms with Crippen LogP contribution < -0.4 is 0 Å². The molecular formula is C19H21NO. The van der Waals surface area contributed by atoms with Gasteiger partial charge in [-0.25, -0.2) is 0 Å². The minimum absolute atomic E-state index is 0.213. The highest BCUT2D eigenvalue weighted by molar-refractivity contribution is 6.00. The highest BCUT2D eigenvalue weighted by Gasteiger charge is 2.49. The summed E-state index contributed by atoms with van der Waals surface area (Å²) in [5.74, 6) is 0.451. The minimum atomic E-state index is -0.263. The van der Waals surface area contributed by atoms with E-state index in [-0.39, 0.29) is 17.1 Å². The molecule has 108 valence electrons. The number of nitrogens with zero attached hydrogens (tertiary/aromatic N) is 1. The molecule has 0 saturated heterocycles. The molecule has 0 amide bonds. The third-order valence-corrected chi connectivity index (χ3v) is 5.08. The van der Waals surface area contributed by atoms with Crippen molar-refractivity contribution in [3.05, 3.63) is 65.5 Å². The van der Waals surface area contributed by atoms with Crippen LogP contribution in [0.4, 0.5) is 0 Å². The predicted octanol–water partition coefficient (Wildman–Crippen LogP) is 4.55. The van der Waals surface area contributed by atoms with Crippen LogP contribution in [0.2, 0.25) is 0 Å². The quantitative estimate of drug-likeness (QED) is 0.769. The van der Waals surface area contributed by atoms with Crippen LogP contribution in [-0.4, -0.2) is 10.8 Å². The largest absolute Gasteiger partial charge is 0.292 e. The van der Waals surface area contributed by atoms with Gasteiger partial charge in [0.15, 0.2) is 5.78 Å². The lowest BCUT2D eigenvalue weighted by Crippen LogP contribution is -2.43. The Morgan fingerprint density at radius 3 is 2.43 bits per heavy atom. The monoisotopic (exact) mass is 279 g/mol. The lowest BCUT2D eigenvalue weighted by molar-refractivity contribution is 0.0521. The highest BCUT2D eigenvalue weighted by Crippen LogP contribution is 2.53. The van der Waals surface area contributed by atoms with Crippen molar-refractivity contribution in [3.8, 4) is 0 Å². The van der Waals surface area contributed by atoms with E-state index in [0.29, 0.717) is 5.69 Å². The van der Waals surface area contributed by atoms with E-state index in [0.717, 1.165) is 19.3 Å². The summed E-state index contributed by atoms with van der Waals surface area (Å²) < 4.78 is 0.